The number of halogens is 1. The number of sulfone groups is 1. The van der Waals surface area contributed by atoms with Gasteiger partial charge in [-0.05, 0) is 30.3 Å². The van der Waals surface area contributed by atoms with Crippen LogP contribution in [0.2, 0.25) is 5.02 Å². The predicted molar refractivity (Wildman–Crippen MR) is 114 cm³/mol. The first-order chi connectivity index (χ1) is 14.6. The molecule has 1 aliphatic heterocycles. The summed E-state index contributed by atoms with van der Waals surface area (Å²) in [7, 11) is -3.30. The van der Waals surface area contributed by atoms with Crippen LogP contribution in [0.15, 0.2) is 41.4 Å². The molecule has 3 rings (SSSR count). The monoisotopic (exact) mass is 466 g/mol. The number of nitrogens with two attached hydrogens (primary N) is 1. The van der Waals surface area contributed by atoms with Gasteiger partial charge in [0.1, 0.15) is 12.4 Å². The smallest absolute Gasteiger partial charge is 0.311 e. The van der Waals surface area contributed by atoms with E-state index in [2.05, 4.69) is 9.88 Å². The molecule has 1 aromatic heterocycles. The molecule has 0 unspecified atom stereocenters. The highest BCUT2D eigenvalue weighted by atomic mass is 35.5. The molecule has 2 N–H and O–H groups in total. The van der Waals surface area contributed by atoms with Crippen LogP contribution in [0.1, 0.15) is 11.3 Å². The number of primary amides is 1. The minimum atomic E-state index is -3.30. The highest BCUT2D eigenvalue weighted by molar-refractivity contribution is 7.90. The van der Waals surface area contributed by atoms with E-state index in [1.807, 2.05) is 6.07 Å². The third kappa shape index (κ3) is 6.16. The molecule has 1 fully saturated rings. The zero-order chi connectivity index (χ0) is 22.6. The van der Waals surface area contributed by atoms with Crippen LogP contribution in [0.25, 0.3) is 0 Å². The summed E-state index contributed by atoms with van der Waals surface area (Å²) in [6, 6.07) is 8.43. The van der Waals surface area contributed by atoms with E-state index in [1.165, 1.54) is 17.2 Å². The molecule has 1 aliphatic rings. The summed E-state index contributed by atoms with van der Waals surface area (Å²) < 4.78 is 29.0. The summed E-state index contributed by atoms with van der Waals surface area (Å²) in [4.78, 5) is 30.6. The third-order valence-corrected chi connectivity index (χ3v) is 6.22. The Morgan fingerprint density at radius 2 is 1.87 bits per heavy atom. The van der Waals surface area contributed by atoms with Crippen molar-refractivity contribution < 1.29 is 22.7 Å². The molecule has 1 aromatic carbocycles. The number of carbonyl (C=O) groups is 2. The Kier molecular flexibility index (Phi) is 7.14. The molecule has 0 bridgehead atoms. The van der Waals surface area contributed by atoms with E-state index in [9.17, 15) is 18.0 Å². The Morgan fingerprint density at radius 1 is 1.16 bits per heavy atom. The van der Waals surface area contributed by atoms with Gasteiger partial charge in [-0.15, -0.1) is 0 Å². The van der Waals surface area contributed by atoms with E-state index in [0.29, 0.717) is 49.2 Å². The van der Waals surface area contributed by atoms with E-state index in [-0.39, 0.29) is 11.5 Å². The van der Waals surface area contributed by atoms with E-state index in [0.717, 1.165) is 11.8 Å². The normalized spacial score (nSPS) is 15.0. The van der Waals surface area contributed by atoms with Crippen LogP contribution in [-0.2, 0) is 32.6 Å². The van der Waals surface area contributed by atoms with Gasteiger partial charge in [0.2, 0.25) is 0 Å². The maximum atomic E-state index is 11.7. The van der Waals surface area contributed by atoms with Crippen LogP contribution in [0, 0.1) is 0 Å². The van der Waals surface area contributed by atoms with Crippen LogP contribution in [0.3, 0.4) is 0 Å². The van der Waals surface area contributed by atoms with Crippen molar-refractivity contribution in [2.45, 2.75) is 18.0 Å². The Hall–Kier alpha value is -2.69. The fourth-order valence-electron chi connectivity index (χ4n) is 3.19. The van der Waals surface area contributed by atoms with E-state index in [1.54, 1.807) is 18.2 Å². The zero-order valence-electron chi connectivity index (χ0n) is 17.0. The molecule has 2 amide bonds. The van der Waals surface area contributed by atoms with E-state index < -0.39 is 21.7 Å². The van der Waals surface area contributed by atoms with Crippen molar-refractivity contribution in [3.05, 3.63) is 52.8 Å². The number of carbonyl (C=O) groups excluding carboxylic acids is 2. The van der Waals surface area contributed by atoms with Gasteiger partial charge in [0.25, 0.3) is 0 Å². The maximum absolute atomic E-state index is 11.7. The highest BCUT2D eigenvalue weighted by Crippen LogP contribution is 2.26. The van der Waals surface area contributed by atoms with Gasteiger partial charge in [-0.3, -0.25) is 19.5 Å². The lowest BCUT2D eigenvalue weighted by atomic mass is 10.1. The summed E-state index contributed by atoms with van der Waals surface area (Å²) in [5.41, 5.74) is 6.52. The number of rotatable bonds is 6. The van der Waals surface area contributed by atoms with E-state index >= 15 is 0 Å². The Balaban J connectivity index is 1.63. The zero-order valence-corrected chi connectivity index (χ0v) is 18.5. The van der Waals surface area contributed by atoms with Crippen LogP contribution in [0.5, 0.6) is 5.75 Å². The second kappa shape index (κ2) is 9.63. The summed E-state index contributed by atoms with van der Waals surface area (Å²) in [6.07, 6.45) is 2.44. The van der Waals surface area contributed by atoms with Crippen molar-refractivity contribution in [1.29, 1.82) is 0 Å². The van der Waals surface area contributed by atoms with Gasteiger partial charge < -0.3 is 15.4 Å². The topological polar surface area (TPSA) is 123 Å². The molecule has 0 aliphatic carbocycles. The fourth-order valence-corrected chi connectivity index (χ4v) is 3.94. The number of benzene rings is 1. The van der Waals surface area contributed by atoms with Crippen LogP contribution in [0.4, 0.5) is 0 Å². The maximum Gasteiger partial charge on any atom is 0.311 e. The van der Waals surface area contributed by atoms with Crippen molar-refractivity contribution in [3.8, 4) is 5.75 Å². The lowest BCUT2D eigenvalue weighted by molar-refractivity contribution is -0.145. The number of ether oxygens (including phenoxy) is 1. The quantitative estimate of drug-likeness (QED) is 0.626. The molecule has 0 atom stereocenters. The third-order valence-electron chi connectivity index (χ3n) is 4.89. The minimum Gasteiger partial charge on any atom is -0.487 e. The first-order valence-corrected chi connectivity index (χ1v) is 11.8. The van der Waals surface area contributed by atoms with Gasteiger partial charge in [-0.1, -0.05) is 11.6 Å². The molecular weight excluding hydrogens is 444 g/mol. The second-order valence-corrected chi connectivity index (χ2v) is 9.68. The molecule has 0 radical (unpaired) electrons. The number of pyridine rings is 1. The first-order valence-electron chi connectivity index (χ1n) is 9.51. The number of nitrogens with zero attached hydrogens (tertiary/aromatic N) is 3. The number of hydrogen-bond donors (Lipinski definition) is 1. The summed E-state index contributed by atoms with van der Waals surface area (Å²) in [5, 5.41) is 0.570. The molecule has 2 aromatic rings. The molecule has 2 heterocycles. The van der Waals surface area contributed by atoms with Crippen molar-refractivity contribution in [2.75, 3.05) is 32.4 Å². The molecular formula is C20H23ClN4O5S. The second-order valence-electron chi connectivity index (χ2n) is 7.23. The van der Waals surface area contributed by atoms with Crippen LogP contribution in [-0.4, -0.2) is 67.5 Å². The molecule has 0 saturated carbocycles. The largest absolute Gasteiger partial charge is 0.487 e. The fraction of sp³-hybridized carbons (Fsp3) is 0.350. The molecule has 11 heteroatoms. The predicted octanol–water partition coefficient (Wildman–Crippen LogP) is 0.847. The summed E-state index contributed by atoms with van der Waals surface area (Å²) in [5.74, 6) is -0.980. The average molecular weight is 467 g/mol. The van der Waals surface area contributed by atoms with Gasteiger partial charge in [-0.2, -0.15) is 0 Å². The number of aromatic nitrogens is 1. The van der Waals surface area contributed by atoms with E-state index in [4.69, 9.17) is 22.1 Å². The Bertz CT molecular complexity index is 1070. The molecule has 1 saturated heterocycles. The number of amides is 2. The van der Waals surface area contributed by atoms with Gasteiger partial charge >= 0.3 is 11.8 Å². The van der Waals surface area contributed by atoms with Crippen molar-refractivity contribution in [2.24, 2.45) is 5.73 Å². The SMILES string of the molecule is CS(=O)(=O)c1ccc(COc2ccc(Cl)cc2CN2CCN(C(=O)C(N)=O)CC2)nc1. The van der Waals surface area contributed by atoms with Crippen molar-refractivity contribution >= 4 is 33.3 Å². The van der Waals surface area contributed by atoms with Gasteiger partial charge in [0.05, 0.1) is 10.6 Å². The number of hydrogen-bond acceptors (Lipinski definition) is 7. The standard InChI is InChI=1S/C20H23ClN4O5S/c1-31(28,29)17-4-3-16(23-11-17)13-30-18-5-2-15(21)10-14(18)12-24-6-8-25(9-7-24)20(27)19(22)26/h2-5,10-11H,6-9,12-13H2,1H3,(H2,22,26). The van der Waals surface area contributed by atoms with Gasteiger partial charge in [0, 0.05) is 55.8 Å². The Morgan fingerprint density at radius 3 is 2.45 bits per heavy atom. The highest BCUT2D eigenvalue weighted by Gasteiger charge is 2.24. The summed E-state index contributed by atoms with van der Waals surface area (Å²) >= 11 is 6.16. The lowest BCUT2D eigenvalue weighted by Crippen LogP contribution is -2.51. The van der Waals surface area contributed by atoms with Crippen molar-refractivity contribution in [1.82, 2.24) is 14.8 Å². The molecule has 9 nitrogen and oxygen atoms in total. The first kappa shape index (κ1) is 23.0. The summed E-state index contributed by atoms with van der Waals surface area (Å²) in [6.45, 7) is 2.71. The Labute approximate surface area is 185 Å². The number of piperazine rings is 1. The van der Waals surface area contributed by atoms with Gasteiger partial charge in [-0.25, -0.2) is 8.42 Å². The van der Waals surface area contributed by atoms with Crippen molar-refractivity contribution in [3.63, 3.8) is 0 Å². The molecule has 31 heavy (non-hydrogen) atoms. The van der Waals surface area contributed by atoms with Crippen LogP contribution >= 0.6 is 11.6 Å². The lowest BCUT2D eigenvalue weighted by Gasteiger charge is -2.34. The minimum absolute atomic E-state index is 0.150. The van der Waals surface area contributed by atoms with Crippen LogP contribution < -0.4 is 10.5 Å². The molecule has 0 spiro atoms. The molecule has 166 valence electrons. The average Bonchev–Trinajstić information content (AvgIpc) is 2.73. The van der Waals surface area contributed by atoms with Gasteiger partial charge in [0.15, 0.2) is 9.84 Å².